The summed E-state index contributed by atoms with van der Waals surface area (Å²) < 4.78 is 44.0. The molecule has 0 bridgehead atoms. The summed E-state index contributed by atoms with van der Waals surface area (Å²) in [4.78, 5) is 28.5. The highest BCUT2D eigenvalue weighted by molar-refractivity contribution is 5.94. The van der Waals surface area contributed by atoms with E-state index in [1.54, 1.807) is 4.90 Å². The SMILES string of the molecule is O=C(COc1ccccc1-c1ccccc1)N1CCN(C(=O)c2ccc(C(F)(F)F)cc2)CC1. The number of alkyl halides is 3. The van der Waals surface area contributed by atoms with Crippen LogP contribution in [-0.2, 0) is 11.0 Å². The van der Waals surface area contributed by atoms with E-state index >= 15 is 0 Å². The predicted octanol–water partition coefficient (Wildman–Crippen LogP) is 4.74. The lowest BCUT2D eigenvalue weighted by Crippen LogP contribution is -2.51. The van der Waals surface area contributed by atoms with Crippen LogP contribution in [-0.4, -0.2) is 54.4 Å². The van der Waals surface area contributed by atoms with Gasteiger partial charge in [-0.25, -0.2) is 0 Å². The largest absolute Gasteiger partial charge is 0.483 e. The Hall–Kier alpha value is -3.81. The van der Waals surface area contributed by atoms with Crippen LogP contribution in [0.4, 0.5) is 13.2 Å². The molecule has 1 aliphatic heterocycles. The van der Waals surface area contributed by atoms with Crippen molar-refractivity contribution in [3.05, 3.63) is 90.0 Å². The van der Waals surface area contributed by atoms with Gasteiger partial charge in [0.25, 0.3) is 11.8 Å². The quantitative estimate of drug-likeness (QED) is 0.544. The molecule has 1 heterocycles. The molecule has 0 radical (unpaired) electrons. The third-order valence-electron chi connectivity index (χ3n) is 5.70. The number of ether oxygens (including phenoxy) is 1. The number of piperazine rings is 1. The lowest BCUT2D eigenvalue weighted by atomic mass is 10.1. The van der Waals surface area contributed by atoms with Gasteiger partial charge in [0.2, 0.25) is 0 Å². The van der Waals surface area contributed by atoms with Gasteiger partial charge in [-0.2, -0.15) is 13.2 Å². The van der Waals surface area contributed by atoms with Crippen LogP contribution in [0.1, 0.15) is 15.9 Å². The number of nitrogens with zero attached hydrogens (tertiary/aromatic N) is 2. The molecule has 176 valence electrons. The summed E-state index contributed by atoms with van der Waals surface area (Å²) in [5.41, 5.74) is 1.27. The van der Waals surface area contributed by atoms with Crippen LogP contribution in [0.15, 0.2) is 78.9 Å². The molecule has 1 fully saturated rings. The third-order valence-corrected chi connectivity index (χ3v) is 5.70. The Morgan fingerprint density at radius 2 is 1.35 bits per heavy atom. The second kappa shape index (κ2) is 9.99. The fraction of sp³-hybridized carbons (Fsp3) is 0.231. The number of halogens is 3. The molecule has 3 aromatic rings. The van der Waals surface area contributed by atoms with E-state index in [-0.39, 0.29) is 24.0 Å². The minimum absolute atomic E-state index is 0.128. The third kappa shape index (κ3) is 5.39. The van der Waals surface area contributed by atoms with Crippen molar-refractivity contribution >= 4 is 11.8 Å². The summed E-state index contributed by atoms with van der Waals surface area (Å²) in [6, 6.07) is 21.4. The van der Waals surface area contributed by atoms with Crippen molar-refractivity contribution in [3.63, 3.8) is 0 Å². The number of rotatable bonds is 5. The summed E-state index contributed by atoms with van der Waals surface area (Å²) in [6.45, 7) is 1.12. The van der Waals surface area contributed by atoms with Crippen molar-refractivity contribution in [2.45, 2.75) is 6.18 Å². The Balaban J connectivity index is 1.31. The lowest BCUT2D eigenvalue weighted by Gasteiger charge is -2.34. The van der Waals surface area contributed by atoms with Crippen LogP contribution in [0.25, 0.3) is 11.1 Å². The van der Waals surface area contributed by atoms with E-state index in [1.165, 1.54) is 17.0 Å². The van der Waals surface area contributed by atoms with Gasteiger partial charge in [-0.1, -0.05) is 48.5 Å². The van der Waals surface area contributed by atoms with Gasteiger partial charge in [0, 0.05) is 37.3 Å². The molecule has 5 nitrogen and oxygen atoms in total. The zero-order valence-electron chi connectivity index (χ0n) is 18.3. The van der Waals surface area contributed by atoms with Gasteiger partial charge < -0.3 is 14.5 Å². The monoisotopic (exact) mass is 468 g/mol. The van der Waals surface area contributed by atoms with E-state index < -0.39 is 11.7 Å². The minimum Gasteiger partial charge on any atom is -0.483 e. The molecule has 1 saturated heterocycles. The Labute approximate surface area is 195 Å². The Morgan fingerprint density at radius 1 is 0.765 bits per heavy atom. The molecule has 4 rings (SSSR count). The predicted molar refractivity (Wildman–Crippen MR) is 121 cm³/mol. The molecule has 2 amide bonds. The van der Waals surface area contributed by atoms with Crippen molar-refractivity contribution in [3.8, 4) is 16.9 Å². The first kappa shape index (κ1) is 23.4. The first-order chi connectivity index (χ1) is 16.3. The van der Waals surface area contributed by atoms with Gasteiger partial charge in [-0.3, -0.25) is 9.59 Å². The van der Waals surface area contributed by atoms with Gasteiger partial charge in [-0.05, 0) is 35.9 Å². The molecule has 0 aromatic heterocycles. The molecule has 34 heavy (non-hydrogen) atoms. The first-order valence-corrected chi connectivity index (χ1v) is 10.8. The Kier molecular flexibility index (Phi) is 6.86. The second-order valence-corrected chi connectivity index (χ2v) is 7.90. The molecule has 3 aromatic carbocycles. The fourth-order valence-corrected chi connectivity index (χ4v) is 3.82. The molecule has 0 spiro atoms. The van der Waals surface area contributed by atoms with Crippen LogP contribution >= 0.6 is 0 Å². The summed E-state index contributed by atoms with van der Waals surface area (Å²) in [5.74, 6) is 0.0662. The molecule has 1 aliphatic rings. The fourth-order valence-electron chi connectivity index (χ4n) is 3.82. The normalized spacial score (nSPS) is 14.1. The number of carbonyl (C=O) groups excluding carboxylic acids is 2. The highest BCUT2D eigenvalue weighted by atomic mass is 19.4. The average molecular weight is 468 g/mol. The Morgan fingerprint density at radius 3 is 2.00 bits per heavy atom. The summed E-state index contributed by atoms with van der Waals surface area (Å²) in [6.07, 6.45) is -4.45. The van der Waals surface area contributed by atoms with E-state index in [9.17, 15) is 22.8 Å². The molecular formula is C26H23F3N2O3. The Bertz CT molecular complexity index is 1140. The van der Waals surface area contributed by atoms with Gasteiger partial charge >= 0.3 is 6.18 Å². The number of carbonyl (C=O) groups is 2. The van der Waals surface area contributed by atoms with Crippen molar-refractivity contribution in [1.82, 2.24) is 9.80 Å². The number of hydrogen-bond donors (Lipinski definition) is 0. The molecule has 8 heteroatoms. The van der Waals surface area contributed by atoms with Crippen LogP contribution in [0.5, 0.6) is 5.75 Å². The first-order valence-electron chi connectivity index (χ1n) is 10.8. The summed E-state index contributed by atoms with van der Waals surface area (Å²) in [7, 11) is 0. The average Bonchev–Trinajstić information content (AvgIpc) is 2.87. The molecule has 0 N–H and O–H groups in total. The summed E-state index contributed by atoms with van der Waals surface area (Å²) in [5, 5.41) is 0. The smallest absolute Gasteiger partial charge is 0.416 e. The minimum atomic E-state index is -4.45. The van der Waals surface area contributed by atoms with Crippen molar-refractivity contribution in [1.29, 1.82) is 0 Å². The van der Waals surface area contributed by atoms with Crippen molar-refractivity contribution < 1.29 is 27.5 Å². The zero-order chi connectivity index (χ0) is 24.1. The maximum atomic E-state index is 12.7. The van der Waals surface area contributed by atoms with Crippen LogP contribution < -0.4 is 4.74 Å². The topological polar surface area (TPSA) is 49.9 Å². The van der Waals surface area contributed by atoms with E-state index in [4.69, 9.17) is 4.74 Å². The van der Waals surface area contributed by atoms with Gasteiger partial charge in [-0.15, -0.1) is 0 Å². The molecular weight excluding hydrogens is 445 g/mol. The van der Waals surface area contributed by atoms with Gasteiger partial charge in [0.15, 0.2) is 6.61 Å². The molecule has 0 unspecified atom stereocenters. The number of amides is 2. The highest BCUT2D eigenvalue weighted by Gasteiger charge is 2.31. The van der Waals surface area contributed by atoms with Crippen LogP contribution in [0.2, 0.25) is 0 Å². The van der Waals surface area contributed by atoms with Gasteiger partial charge in [0.1, 0.15) is 5.75 Å². The zero-order valence-corrected chi connectivity index (χ0v) is 18.3. The van der Waals surface area contributed by atoms with Gasteiger partial charge in [0.05, 0.1) is 5.56 Å². The molecule has 0 atom stereocenters. The molecule has 0 aliphatic carbocycles. The standard InChI is InChI=1S/C26H23F3N2O3/c27-26(28,29)21-12-10-20(11-13-21)25(33)31-16-14-30(15-17-31)24(32)18-34-23-9-5-4-8-22(23)19-6-2-1-3-7-19/h1-13H,14-18H2. The van der Waals surface area contributed by atoms with E-state index in [0.717, 1.165) is 23.3 Å². The van der Waals surface area contributed by atoms with E-state index in [0.29, 0.717) is 31.9 Å². The summed E-state index contributed by atoms with van der Waals surface area (Å²) >= 11 is 0. The highest BCUT2D eigenvalue weighted by Crippen LogP contribution is 2.30. The van der Waals surface area contributed by atoms with Crippen molar-refractivity contribution in [2.24, 2.45) is 0 Å². The maximum Gasteiger partial charge on any atom is 0.416 e. The van der Waals surface area contributed by atoms with Crippen LogP contribution in [0, 0.1) is 0 Å². The van der Waals surface area contributed by atoms with E-state index in [2.05, 4.69) is 0 Å². The second-order valence-electron chi connectivity index (χ2n) is 7.90. The number of hydrogen-bond acceptors (Lipinski definition) is 3. The van der Waals surface area contributed by atoms with Crippen LogP contribution in [0.3, 0.4) is 0 Å². The number of para-hydroxylation sites is 1. The maximum absolute atomic E-state index is 12.7. The number of benzene rings is 3. The lowest BCUT2D eigenvalue weighted by molar-refractivity contribution is -0.137. The molecule has 0 saturated carbocycles. The van der Waals surface area contributed by atoms with E-state index in [1.807, 2.05) is 54.6 Å². The van der Waals surface area contributed by atoms with Crippen molar-refractivity contribution in [2.75, 3.05) is 32.8 Å².